The third-order valence-electron chi connectivity index (χ3n) is 4.59. The van der Waals surface area contributed by atoms with Crippen LogP contribution < -0.4 is 11.1 Å². The van der Waals surface area contributed by atoms with Gasteiger partial charge in [-0.2, -0.15) is 5.10 Å². The molecule has 1 aromatic carbocycles. The molecule has 134 valence electrons. The topological polar surface area (TPSA) is 72.9 Å². The van der Waals surface area contributed by atoms with E-state index in [-0.39, 0.29) is 43.3 Å². The van der Waals surface area contributed by atoms with Crippen LogP contribution in [0.4, 0.5) is 0 Å². The van der Waals surface area contributed by atoms with Gasteiger partial charge in [-0.3, -0.25) is 9.48 Å². The number of nitrogens with one attached hydrogen (secondary N) is 1. The van der Waals surface area contributed by atoms with Gasteiger partial charge in [0.2, 0.25) is 5.91 Å². The summed E-state index contributed by atoms with van der Waals surface area (Å²) in [4.78, 5) is 12.3. The summed E-state index contributed by atoms with van der Waals surface area (Å²) in [6.07, 6.45) is 8.07. The highest BCUT2D eigenvalue weighted by atomic mass is 35.5. The number of fused-ring (bicyclic) bond motifs is 1. The van der Waals surface area contributed by atoms with E-state index in [0.29, 0.717) is 12.5 Å². The van der Waals surface area contributed by atoms with E-state index in [9.17, 15) is 4.79 Å². The lowest BCUT2D eigenvalue weighted by molar-refractivity contribution is -0.122. The lowest BCUT2D eigenvalue weighted by Crippen LogP contribution is -2.47. The van der Waals surface area contributed by atoms with E-state index >= 15 is 0 Å². The largest absolute Gasteiger partial charge is 0.350 e. The fraction of sp³-hybridized carbons (Fsp3) is 0.529. The first kappa shape index (κ1) is 20.7. The molecule has 0 aliphatic heterocycles. The molecule has 2 aromatic rings. The number of carbonyl (C=O) groups is 1. The molecule has 5 nitrogen and oxygen atoms in total. The zero-order chi connectivity index (χ0) is 15.4. The molecule has 0 radical (unpaired) electrons. The van der Waals surface area contributed by atoms with Crippen molar-refractivity contribution in [2.24, 2.45) is 11.7 Å². The minimum Gasteiger partial charge on any atom is -0.350 e. The number of nitrogens with zero attached hydrogens (tertiary/aromatic N) is 2. The molecule has 1 aliphatic rings. The Bertz CT molecular complexity index is 607. The van der Waals surface area contributed by atoms with Crippen LogP contribution in [0, 0.1) is 5.92 Å². The first-order chi connectivity index (χ1) is 10.8. The number of hydrogen-bond acceptors (Lipinski definition) is 3. The maximum Gasteiger partial charge on any atom is 0.242 e. The minimum atomic E-state index is -0.00571. The molecule has 1 amide bonds. The van der Waals surface area contributed by atoms with Gasteiger partial charge in [0, 0.05) is 24.2 Å². The Labute approximate surface area is 155 Å². The van der Waals surface area contributed by atoms with Crippen LogP contribution in [0.15, 0.2) is 30.5 Å². The first-order valence-corrected chi connectivity index (χ1v) is 8.18. The van der Waals surface area contributed by atoms with Crippen LogP contribution in [0.25, 0.3) is 10.9 Å². The fourth-order valence-electron chi connectivity index (χ4n) is 3.40. The lowest BCUT2D eigenvalue weighted by atomic mass is 9.84. The number of nitrogens with two attached hydrogens (primary N) is 1. The SMILES string of the molecule is Cl.Cl.NC[C@H](NC(=O)Cn1cc2ccccc2n1)C1CCCCC1. The van der Waals surface area contributed by atoms with Gasteiger partial charge < -0.3 is 11.1 Å². The van der Waals surface area contributed by atoms with E-state index in [2.05, 4.69) is 10.4 Å². The van der Waals surface area contributed by atoms with E-state index in [1.54, 1.807) is 4.68 Å². The van der Waals surface area contributed by atoms with E-state index in [1.807, 2.05) is 30.5 Å². The Morgan fingerprint density at radius 3 is 2.62 bits per heavy atom. The van der Waals surface area contributed by atoms with Crippen LogP contribution in [-0.4, -0.2) is 28.3 Å². The Hall–Kier alpha value is -1.30. The monoisotopic (exact) mass is 372 g/mol. The molecule has 0 unspecified atom stereocenters. The average Bonchev–Trinajstić information content (AvgIpc) is 2.95. The van der Waals surface area contributed by atoms with E-state index in [4.69, 9.17) is 5.73 Å². The molecule has 0 saturated heterocycles. The van der Waals surface area contributed by atoms with E-state index in [0.717, 1.165) is 10.9 Å². The lowest BCUT2D eigenvalue weighted by Gasteiger charge is -2.30. The first-order valence-electron chi connectivity index (χ1n) is 8.18. The Morgan fingerprint density at radius 2 is 1.96 bits per heavy atom. The van der Waals surface area contributed by atoms with Crippen molar-refractivity contribution >= 4 is 41.6 Å². The maximum absolute atomic E-state index is 12.3. The zero-order valence-electron chi connectivity index (χ0n) is 13.7. The Morgan fingerprint density at radius 1 is 1.25 bits per heavy atom. The second kappa shape index (κ2) is 9.87. The molecule has 1 aliphatic carbocycles. The van der Waals surface area contributed by atoms with Crippen LogP contribution in [0.3, 0.4) is 0 Å². The molecule has 1 heterocycles. The van der Waals surface area contributed by atoms with Gasteiger partial charge in [0.05, 0.1) is 5.52 Å². The van der Waals surface area contributed by atoms with Crippen LogP contribution >= 0.6 is 24.8 Å². The van der Waals surface area contributed by atoms with Crippen molar-refractivity contribution in [3.8, 4) is 0 Å². The summed E-state index contributed by atoms with van der Waals surface area (Å²) in [5, 5.41) is 8.58. The van der Waals surface area contributed by atoms with Crippen LogP contribution in [0.1, 0.15) is 32.1 Å². The van der Waals surface area contributed by atoms with Gasteiger partial charge in [-0.1, -0.05) is 37.5 Å². The van der Waals surface area contributed by atoms with Crippen LogP contribution in [-0.2, 0) is 11.3 Å². The fourth-order valence-corrected chi connectivity index (χ4v) is 3.40. The number of aromatic nitrogens is 2. The predicted octanol–water partition coefficient (Wildman–Crippen LogP) is 2.90. The number of carbonyl (C=O) groups excluding carboxylic acids is 1. The summed E-state index contributed by atoms with van der Waals surface area (Å²) in [6.45, 7) is 0.759. The molecule has 7 heteroatoms. The summed E-state index contributed by atoms with van der Waals surface area (Å²) in [6, 6.07) is 7.98. The van der Waals surface area contributed by atoms with Crippen molar-refractivity contribution in [3.63, 3.8) is 0 Å². The highest BCUT2D eigenvalue weighted by Crippen LogP contribution is 2.26. The van der Waals surface area contributed by atoms with Crippen LogP contribution in [0.5, 0.6) is 0 Å². The molecule has 0 bridgehead atoms. The zero-order valence-corrected chi connectivity index (χ0v) is 15.3. The number of halogens is 2. The standard InChI is InChI=1S/C17H24N4O.2ClH/c18-10-16(13-6-2-1-3-7-13)19-17(22)12-21-11-14-8-4-5-9-15(14)20-21;;/h4-5,8-9,11,13,16H,1-3,6-7,10,12,18H2,(H,19,22);2*1H/t16-;;/m0../s1. The highest BCUT2D eigenvalue weighted by Gasteiger charge is 2.24. The van der Waals surface area contributed by atoms with Gasteiger partial charge >= 0.3 is 0 Å². The predicted molar refractivity (Wildman–Crippen MR) is 102 cm³/mol. The Balaban J connectivity index is 0.00000144. The quantitative estimate of drug-likeness (QED) is 0.847. The van der Waals surface area contributed by atoms with Gasteiger partial charge in [0.1, 0.15) is 6.54 Å². The van der Waals surface area contributed by atoms with Crippen molar-refractivity contribution in [2.45, 2.75) is 44.7 Å². The third-order valence-corrected chi connectivity index (χ3v) is 4.59. The van der Waals surface area contributed by atoms with Crippen molar-refractivity contribution in [1.29, 1.82) is 0 Å². The molecule has 0 spiro atoms. The number of amides is 1. The second-order valence-corrected chi connectivity index (χ2v) is 6.19. The average molecular weight is 373 g/mol. The molecule has 1 fully saturated rings. The summed E-state index contributed by atoms with van der Waals surface area (Å²) < 4.78 is 1.70. The van der Waals surface area contributed by atoms with E-state index < -0.39 is 0 Å². The molecule has 1 atom stereocenters. The minimum absolute atomic E-state index is 0. The molecule has 1 saturated carbocycles. The third kappa shape index (κ3) is 5.10. The number of benzene rings is 1. The van der Waals surface area contributed by atoms with Gasteiger partial charge in [0.25, 0.3) is 0 Å². The molecule has 3 rings (SSSR count). The number of rotatable bonds is 5. The molecular weight excluding hydrogens is 347 g/mol. The van der Waals surface area contributed by atoms with Crippen molar-refractivity contribution in [1.82, 2.24) is 15.1 Å². The molecule has 1 aromatic heterocycles. The maximum atomic E-state index is 12.3. The molecular formula is C17H26Cl2N4O. The van der Waals surface area contributed by atoms with Crippen molar-refractivity contribution in [3.05, 3.63) is 30.5 Å². The Kier molecular flexibility index (Phi) is 8.53. The highest BCUT2D eigenvalue weighted by molar-refractivity contribution is 5.85. The normalized spacial score (nSPS) is 16.0. The summed E-state index contributed by atoms with van der Waals surface area (Å²) in [7, 11) is 0. The van der Waals surface area contributed by atoms with Gasteiger partial charge in [-0.25, -0.2) is 0 Å². The van der Waals surface area contributed by atoms with Crippen molar-refractivity contribution < 1.29 is 4.79 Å². The van der Waals surface area contributed by atoms with Crippen molar-refractivity contribution in [2.75, 3.05) is 6.54 Å². The van der Waals surface area contributed by atoms with Gasteiger partial charge in [-0.05, 0) is 24.8 Å². The molecule has 3 N–H and O–H groups in total. The van der Waals surface area contributed by atoms with Crippen LogP contribution in [0.2, 0.25) is 0 Å². The summed E-state index contributed by atoms with van der Waals surface area (Å²) in [5.74, 6) is 0.522. The second-order valence-electron chi connectivity index (χ2n) is 6.19. The van der Waals surface area contributed by atoms with Gasteiger partial charge in [-0.15, -0.1) is 24.8 Å². The van der Waals surface area contributed by atoms with E-state index in [1.165, 1.54) is 32.1 Å². The summed E-state index contributed by atoms with van der Waals surface area (Å²) in [5.41, 5.74) is 6.78. The number of hydrogen-bond donors (Lipinski definition) is 2. The summed E-state index contributed by atoms with van der Waals surface area (Å²) >= 11 is 0. The van der Waals surface area contributed by atoms with Gasteiger partial charge in [0.15, 0.2) is 0 Å². The smallest absolute Gasteiger partial charge is 0.242 e. The molecule has 24 heavy (non-hydrogen) atoms.